The smallest absolute Gasteiger partial charge is 0.0773 e. The average Bonchev–Trinajstić information content (AvgIpc) is 2.65. The summed E-state index contributed by atoms with van der Waals surface area (Å²) in [5.74, 6) is 0. The number of ether oxygens (including phenoxy) is 4. The van der Waals surface area contributed by atoms with Crippen molar-refractivity contribution in [3.63, 3.8) is 0 Å². The maximum absolute atomic E-state index is 9.87. The maximum atomic E-state index is 9.87. The molecular weight excluding hydrogens is 336 g/mol. The molecule has 0 radical (unpaired) electrons. The zero-order chi connectivity index (χ0) is 19.1. The Morgan fingerprint density at radius 1 is 0.615 bits per heavy atom. The van der Waals surface area contributed by atoms with Crippen molar-refractivity contribution in [1.29, 1.82) is 0 Å². The van der Waals surface area contributed by atoms with E-state index in [-0.39, 0.29) is 12.7 Å². The number of hydrogen-bond acceptors (Lipinski definition) is 6. The summed E-state index contributed by atoms with van der Waals surface area (Å²) in [5, 5.41) is 18.4. The molecule has 0 saturated heterocycles. The van der Waals surface area contributed by atoms with Crippen LogP contribution < -0.4 is 0 Å². The molecule has 0 rings (SSSR count). The Kier molecular flexibility index (Phi) is 22.6. The first-order chi connectivity index (χ1) is 12.8. The van der Waals surface area contributed by atoms with Crippen LogP contribution in [0.5, 0.6) is 0 Å². The van der Waals surface area contributed by atoms with Gasteiger partial charge < -0.3 is 29.2 Å². The molecule has 0 aromatic heterocycles. The Balaban J connectivity index is 3.11. The highest BCUT2D eigenvalue weighted by Gasteiger charge is 2.04. The molecule has 0 fully saturated rings. The molecule has 2 N–H and O–H groups in total. The lowest BCUT2D eigenvalue weighted by Crippen LogP contribution is -2.18. The fraction of sp³-hybridized carbons (Fsp3) is 1.00. The number of aliphatic hydroxyl groups is 2. The van der Waals surface area contributed by atoms with E-state index in [0.717, 1.165) is 12.8 Å². The van der Waals surface area contributed by atoms with Crippen LogP contribution in [0.15, 0.2) is 0 Å². The molecule has 0 saturated carbocycles. The van der Waals surface area contributed by atoms with Crippen LogP contribution in [0.2, 0.25) is 0 Å². The van der Waals surface area contributed by atoms with Gasteiger partial charge in [0.25, 0.3) is 0 Å². The molecule has 0 aliphatic rings. The summed E-state index contributed by atoms with van der Waals surface area (Å²) < 4.78 is 21.2. The lowest BCUT2D eigenvalue weighted by Gasteiger charge is -2.11. The molecule has 26 heavy (non-hydrogen) atoms. The summed E-state index contributed by atoms with van der Waals surface area (Å²) in [6.45, 7) is 6.04. The second-order valence-electron chi connectivity index (χ2n) is 6.55. The van der Waals surface area contributed by atoms with Gasteiger partial charge in [0.15, 0.2) is 0 Å². The standard InChI is InChI=1S/C20H42O6/c1-2-3-4-5-6-7-8-9-10-20(22)19-26-18-17-25-16-15-24-14-13-23-12-11-21/h20-22H,2-19H2,1H3. The summed E-state index contributed by atoms with van der Waals surface area (Å²) >= 11 is 0. The van der Waals surface area contributed by atoms with Crippen molar-refractivity contribution in [2.75, 3.05) is 59.5 Å². The molecule has 0 amide bonds. The molecule has 1 unspecified atom stereocenters. The monoisotopic (exact) mass is 378 g/mol. The Hall–Kier alpha value is -0.240. The van der Waals surface area contributed by atoms with Crippen LogP contribution in [-0.4, -0.2) is 75.8 Å². The molecule has 0 spiro atoms. The van der Waals surface area contributed by atoms with E-state index in [9.17, 15) is 5.11 Å². The van der Waals surface area contributed by atoms with Crippen LogP contribution in [0.25, 0.3) is 0 Å². The highest BCUT2D eigenvalue weighted by atomic mass is 16.6. The molecule has 0 heterocycles. The van der Waals surface area contributed by atoms with Crippen molar-refractivity contribution >= 4 is 0 Å². The Bertz CT molecular complexity index is 252. The highest BCUT2D eigenvalue weighted by molar-refractivity contribution is 4.55. The molecule has 0 bridgehead atoms. The Morgan fingerprint density at radius 3 is 1.62 bits per heavy atom. The van der Waals surface area contributed by atoms with E-state index in [0.29, 0.717) is 52.9 Å². The topological polar surface area (TPSA) is 77.4 Å². The van der Waals surface area contributed by atoms with Crippen LogP contribution in [0.3, 0.4) is 0 Å². The molecule has 1 atom stereocenters. The molecule has 0 aliphatic carbocycles. The number of unbranched alkanes of at least 4 members (excludes halogenated alkanes) is 7. The highest BCUT2D eigenvalue weighted by Crippen LogP contribution is 2.10. The lowest BCUT2D eigenvalue weighted by atomic mass is 10.1. The van der Waals surface area contributed by atoms with Crippen molar-refractivity contribution in [3.05, 3.63) is 0 Å². The Morgan fingerprint density at radius 2 is 1.08 bits per heavy atom. The van der Waals surface area contributed by atoms with E-state index in [1.54, 1.807) is 0 Å². The van der Waals surface area contributed by atoms with Gasteiger partial charge in [0.1, 0.15) is 0 Å². The first kappa shape index (κ1) is 25.8. The zero-order valence-corrected chi connectivity index (χ0v) is 16.8. The predicted molar refractivity (Wildman–Crippen MR) is 104 cm³/mol. The fourth-order valence-electron chi connectivity index (χ4n) is 2.54. The minimum absolute atomic E-state index is 0.0386. The van der Waals surface area contributed by atoms with E-state index in [4.69, 9.17) is 24.1 Å². The number of hydrogen-bond donors (Lipinski definition) is 2. The molecule has 158 valence electrons. The van der Waals surface area contributed by atoms with Gasteiger partial charge >= 0.3 is 0 Å². The first-order valence-electron chi connectivity index (χ1n) is 10.4. The van der Waals surface area contributed by atoms with E-state index in [1.807, 2.05) is 0 Å². The van der Waals surface area contributed by atoms with Gasteiger partial charge in [-0.1, -0.05) is 58.3 Å². The summed E-state index contributed by atoms with van der Waals surface area (Å²) in [6, 6.07) is 0. The quantitative estimate of drug-likeness (QED) is 0.282. The second kappa shape index (κ2) is 22.8. The van der Waals surface area contributed by atoms with E-state index >= 15 is 0 Å². The second-order valence-corrected chi connectivity index (χ2v) is 6.55. The number of aliphatic hydroxyl groups excluding tert-OH is 2. The fourth-order valence-corrected chi connectivity index (χ4v) is 2.54. The van der Waals surface area contributed by atoms with Gasteiger partial charge in [-0.25, -0.2) is 0 Å². The summed E-state index contributed by atoms with van der Waals surface area (Å²) in [7, 11) is 0. The third-order valence-electron chi connectivity index (χ3n) is 4.05. The molecule has 6 nitrogen and oxygen atoms in total. The molecule has 0 aliphatic heterocycles. The van der Waals surface area contributed by atoms with E-state index < -0.39 is 0 Å². The first-order valence-corrected chi connectivity index (χ1v) is 10.4. The largest absolute Gasteiger partial charge is 0.394 e. The van der Waals surface area contributed by atoms with Crippen LogP contribution >= 0.6 is 0 Å². The van der Waals surface area contributed by atoms with Crippen LogP contribution in [0.4, 0.5) is 0 Å². The normalized spacial score (nSPS) is 12.6. The van der Waals surface area contributed by atoms with Crippen LogP contribution in [-0.2, 0) is 18.9 Å². The maximum Gasteiger partial charge on any atom is 0.0773 e. The predicted octanol–water partition coefficient (Wildman–Crippen LogP) is 2.94. The zero-order valence-electron chi connectivity index (χ0n) is 16.8. The van der Waals surface area contributed by atoms with Crippen molar-refractivity contribution in [3.8, 4) is 0 Å². The van der Waals surface area contributed by atoms with Gasteiger partial charge in [-0.3, -0.25) is 0 Å². The van der Waals surface area contributed by atoms with Crippen molar-refractivity contribution in [1.82, 2.24) is 0 Å². The molecule has 0 aromatic rings. The van der Waals surface area contributed by atoms with Gasteiger partial charge in [0, 0.05) is 0 Å². The molecule has 6 heteroatoms. The number of rotatable bonds is 22. The third kappa shape index (κ3) is 21.8. The SMILES string of the molecule is CCCCCCCCCCC(O)COCCOCCOCCOCCO. The van der Waals surface area contributed by atoms with Crippen LogP contribution in [0.1, 0.15) is 64.7 Å². The van der Waals surface area contributed by atoms with Crippen molar-refractivity contribution < 1.29 is 29.2 Å². The third-order valence-corrected chi connectivity index (χ3v) is 4.05. The average molecular weight is 379 g/mol. The van der Waals surface area contributed by atoms with Gasteiger partial charge in [-0.15, -0.1) is 0 Å². The van der Waals surface area contributed by atoms with Gasteiger partial charge in [0.05, 0.1) is 65.6 Å². The van der Waals surface area contributed by atoms with Gasteiger partial charge in [0.2, 0.25) is 0 Å². The van der Waals surface area contributed by atoms with Crippen molar-refractivity contribution in [2.24, 2.45) is 0 Å². The van der Waals surface area contributed by atoms with Gasteiger partial charge in [-0.05, 0) is 6.42 Å². The summed E-state index contributed by atoms with van der Waals surface area (Å²) in [6.07, 6.45) is 10.7. The summed E-state index contributed by atoms with van der Waals surface area (Å²) in [5.41, 5.74) is 0. The van der Waals surface area contributed by atoms with Crippen LogP contribution in [0, 0.1) is 0 Å². The lowest BCUT2D eigenvalue weighted by molar-refractivity contribution is -0.0197. The van der Waals surface area contributed by atoms with E-state index in [1.165, 1.54) is 44.9 Å². The van der Waals surface area contributed by atoms with E-state index in [2.05, 4.69) is 6.92 Å². The van der Waals surface area contributed by atoms with Gasteiger partial charge in [-0.2, -0.15) is 0 Å². The molecule has 0 aromatic carbocycles. The van der Waals surface area contributed by atoms with Crippen molar-refractivity contribution in [2.45, 2.75) is 70.8 Å². The Labute approximate surface area is 160 Å². The minimum Gasteiger partial charge on any atom is -0.394 e. The minimum atomic E-state index is -0.364. The molecular formula is C20H42O6. The summed E-state index contributed by atoms with van der Waals surface area (Å²) in [4.78, 5) is 0.